The summed E-state index contributed by atoms with van der Waals surface area (Å²) in [7, 11) is 0. The first-order chi connectivity index (χ1) is 13.0. The van der Waals surface area contributed by atoms with Crippen LogP contribution in [0, 0.1) is 11.7 Å². The van der Waals surface area contributed by atoms with E-state index < -0.39 is 23.5 Å². The number of rotatable bonds is 4. The van der Waals surface area contributed by atoms with Gasteiger partial charge in [0.2, 0.25) is 11.8 Å². The SMILES string of the molecule is CCc1ccc(N2CC(C(=O)NNC(=O)c3ccccc3F)CC2=O)cc1. The molecule has 0 bridgehead atoms. The molecule has 0 aromatic heterocycles. The lowest BCUT2D eigenvalue weighted by Gasteiger charge is -2.17. The monoisotopic (exact) mass is 369 g/mol. The first-order valence-corrected chi connectivity index (χ1v) is 8.73. The summed E-state index contributed by atoms with van der Waals surface area (Å²) < 4.78 is 13.6. The minimum atomic E-state index is -0.752. The van der Waals surface area contributed by atoms with Gasteiger partial charge < -0.3 is 4.90 Å². The maximum atomic E-state index is 13.6. The highest BCUT2D eigenvalue weighted by molar-refractivity contribution is 6.01. The minimum absolute atomic E-state index is 0.0525. The van der Waals surface area contributed by atoms with Crippen molar-refractivity contribution in [2.45, 2.75) is 19.8 Å². The Balaban J connectivity index is 1.58. The van der Waals surface area contributed by atoms with Crippen LogP contribution in [0.15, 0.2) is 48.5 Å². The summed E-state index contributed by atoms with van der Waals surface area (Å²) in [6.45, 7) is 2.28. The van der Waals surface area contributed by atoms with Crippen molar-refractivity contribution in [1.29, 1.82) is 0 Å². The van der Waals surface area contributed by atoms with Gasteiger partial charge in [-0.05, 0) is 36.2 Å². The average molecular weight is 369 g/mol. The van der Waals surface area contributed by atoms with Crippen LogP contribution in [0.4, 0.5) is 10.1 Å². The van der Waals surface area contributed by atoms with Crippen LogP contribution in [0.5, 0.6) is 0 Å². The van der Waals surface area contributed by atoms with E-state index in [1.165, 1.54) is 18.2 Å². The highest BCUT2D eigenvalue weighted by Gasteiger charge is 2.35. The first kappa shape index (κ1) is 18.6. The third-order valence-electron chi connectivity index (χ3n) is 4.57. The van der Waals surface area contributed by atoms with Crippen LogP contribution in [-0.4, -0.2) is 24.3 Å². The number of halogens is 1. The number of carbonyl (C=O) groups excluding carboxylic acids is 3. The van der Waals surface area contributed by atoms with Crippen LogP contribution in [0.25, 0.3) is 0 Å². The molecule has 6 nitrogen and oxygen atoms in total. The Kier molecular flexibility index (Phi) is 5.49. The molecule has 140 valence electrons. The number of amides is 3. The number of benzene rings is 2. The van der Waals surface area contributed by atoms with Gasteiger partial charge in [0.15, 0.2) is 0 Å². The van der Waals surface area contributed by atoms with Gasteiger partial charge in [-0.25, -0.2) is 4.39 Å². The van der Waals surface area contributed by atoms with Crippen LogP contribution in [-0.2, 0) is 16.0 Å². The number of hydrazine groups is 1. The van der Waals surface area contributed by atoms with Gasteiger partial charge in [-0.15, -0.1) is 0 Å². The van der Waals surface area contributed by atoms with Crippen molar-refractivity contribution in [3.8, 4) is 0 Å². The molecule has 0 spiro atoms. The maximum absolute atomic E-state index is 13.6. The van der Waals surface area contributed by atoms with Crippen LogP contribution >= 0.6 is 0 Å². The van der Waals surface area contributed by atoms with Gasteiger partial charge in [0.1, 0.15) is 5.82 Å². The van der Waals surface area contributed by atoms with Crippen molar-refractivity contribution in [3.05, 3.63) is 65.5 Å². The fourth-order valence-electron chi connectivity index (χ4n) is 2.98. The molecule has 1 saturated heterocycles. The lowest BCUT2D eigenvalue weighted by Crippen LogP contribution is -2.45. The smallest absolute Gasteiger partial charge is 0.272 e. The summed E-state index contributed by atoms with van der Waals surface area (Å²) in [6, 6.07) is 13.1. The Morgan fingerprint density at radius 2 is 1.81 bits per heavy atom. The Morgan fingerprint density at radius 3 is 2.48 bits per heavy atom. The normalized spacial score (nSPS) is 16.3. The molecule has 0 saturated carbocycles. The third kappa shape index (κ3) is 4.13. The number of aryl methyl sites for hydroxylation is 1. The number of carbonyl (C=O) groups is 3. The first-order valence-electron chi connectivity index (χ1n) is 8.73. The molecule has 1 heterocycles. The zero-order valence-corrected chi connectivity index (χ0v) is 14.9. The molecule has 2 N–H and O–H groups in total. The van der Waals surface area contributed by atoms with Crippen molar-refractivity contribution in [2.24, 2.45) is 5.92 Å². The van der Waals surface area contributed by atoms with Gasteiger partial charge in [-0.3, -0.25) is 25.2 Å². The Hall–Kier alpha value is -3.22. The van der Waals surface area contributed by atoms with E-state index in [1.807, 2.05) is 31.2 Å². The fourth-order valence-corrected chi connectivity index (χ4v) is 2.98. The van der Waals surface area contributed by atoms with Crippen LogP contribution in [0.1, 0.15) is 29.3 Å². The van der Waals surface area contributed by atoms with Crippen LogP contribution < -0.4 is 15.8 Å². The number of hydrogen-bond acceptors (Lipinski definition) is 3. The van der Waals surface area contributed by atoms with Gasteiger partial charge in [0.25, 0.3) is 5.91 Å². The largest absolute Gasteiger partial charge is 0.312 e. The predicted octanol–water partition coefficient (Wildman–Crippen LogP) is 2.20. The van der Waals surface area contributed by atoms with Gasteiger partial charge in [0, 0.05) is 18.7 Å². The lowest BCUT2D eigenvalue weighted by molar-refractivity contribution is -0.126. The van der Waals surface area contributed by atoms with Gasteiger partial charge in [0.05, 0.1) is 11.5 Å². The standard InChI is InChI=1S/C20H20FN3O3/c1-2-13-7-9-15(10-8-13)24-12-14(11-18(24)25)19(26)22-23-20(27)16-5-3-4-6-17(16)21/h3-10,14H,2,11-12H2,1H3,(H,22,26)(H,23,27). The van der Waals surface area contributed by atoms with Gasteiger partial charge >= 0.3 is 0 Å². The van der Waals surface area contributed by atoms with E-state index in [4.69, 9.17) is 0 Å². The van der Waals surface area contributed by atoms with Crippen LogP contribution in [0.3, 0.4) is 0 Å². The van der Waals surface area contributed by atoms with Crippen molar-refractivity contribution in [3.63, 3.8) is 0 Å². The molecule has 1 aliphatic heterocycles. The summed E-state index contributed by atoms with van der Waals surface area (Å²) in [4.78, 5) is 38.1. The van der Waals surface area contributed by atoms with E-state index in [9.17, 15) is 18.8 Å². The summed E-state index contributed by atoms with van der Waals surface area (Å²) in [5, 5.41) is 0. The molecule has 3 rings (SSSR count). The van der Waals surface area contributed by atoms with Gasteiger partial charge in [-0.2, -0.15) is 0 Å². The van der Waals surface area contributed by atoms with E-state index in [1.54, 1.807) is 4.90 Å². The zero-order valence-electron chi connectivity index (χ0n) is 14.9. The second kappa shape index (κ2) is 7.99. The fraction of sp³-hybridized carbons (Fsp3) is 0.250. The highest BCUT2D eigenvalue weighted by atomic mass is 19.1. The predicted molar refractivity (Wildman–Crippen MR) is 98.3 cm³/mol. The molecule has 1 atom stereocenters. The average Bonchev–Trinajstić information content (AvgIpc) is 3.08. The molecule has 1 aliphatic rings. The van der Waals surface area contributed by atoms with Crippen LogP contribution in [0.2, 0.25) is 0 Å². The lowest BCUT2D eigenvalue weighted by atomic mass is 10.1. The summed E-state index contributed by atoms with van der Waals surface area (Å²) in [5.74, 6) is -2.66. The molecule has 1 unspecified atom stereocenters. The van der Waals surface area contributed by atoms with E-state index in [-0.39, 0.29) is 24.4 Å². The molecule has 2 aromatic rings. The minimum Gasteiger partial charge on any atom is -0.312 e. The second-order valence-corrected chi connectivity index (χ2v) is 6.35. The zero-order chi connectivity index (χ0) is 19.4. The van der Waals surface area contributed by atoms with Crippen molar-refractivity contribution < 1.29 is 18.8 Å². The Labute approximate surface area is 156 Å². The third-order valence-corrected chi connectivity index (χ3v) is 4.57. The quantitative estimate of drug-likeness (QED) is 0.811. The highest BCUT2D eigenvalue weighted by Crippen LogP contribution is 2.25. The summed E-state index contributed by atoms with van der Waals surface area (Å²) in [6.07, 6.45) is 0.956. The molecule has 2 aromatic carbocycles. The van der Waals surface area contributed by atoms with Crippen molar-refractivity contribution in [1.82, 2.24) is 10.9 Å². The van der Waals surface area contributed by atoms with E-state index in [2.05, 4.69) is 10.9 Å². The Morgan fingerprint density at radius 1 is 1.11 bits per heavy atom. The van der Waals surface area contributed by atoms with Crippen molar-refractivity contribution in [2.75, 3.05) is 11.4 Å². The van der Waals surface area contributed by atoms with E-state index in [0.29, 0.717) is 0 Å². The number of anilines is 1. The molecular formula is C20H20FN3O3. The summed E-state index contributed by atoms with van der Waals surface area (Å²) in [5.41, 5.74) is 6.20. The van der Waals surface area contributed by atoms with Crippen molar-refractivity contribution >= 4 is 23.4 Å². The second-order valence-electron chi connectivity index (χ2n) is 6.35. The van der Waals surface area contributed by atoms with E-state index >= 15 is 0 Å². The maximum Gasteiger partial charge on any atom is 0.272 e. The molecular weight excluding hydrogens is 349 g/mol. The topological polar surface area (TPSA) is 78.5 Å². The molecule has 27 heavy (non-hydrogen) atoms. The number of nitrogens with one attached hydrogen (secondary N) is 2. The number of hydrogen-bond donors (Lipinski definition) is 2. The molecule has 1 fully saturated rings. The molecule has 0 radical (unpaired) electrons. The van der Waals surface area contributed by atoms with Gasteiger partial charge in [-0.1, -0.05) is 31.2 Å². The van der Waals surface area contributed by atoms with E-state index in [0.717, 1.165) is 23.7 Å². The summed E-state index contributed by atoms with van der Waals surface area (Å²) >= 11 is 0. The molecule has 3 amide bonds. The Bertz CT molecular complexity index is 867. The molecule has 0 aliphatic carbocycles. The number of nitrogens with zero attached hydrogens (tertiary/aromatic N) is 1. The molecule has 7 heteroatoms.